The van der Waals surface area contributed by atoms with Crippen LogP contribution in [0.15, 0.2) is 24.5 Å². The van der Waals surface area contributed by atoms with E-state index >= 15 is 0 Å². The van der Waals surface area contributed by atoms with Crippen molar-refractivity contribution in [3.05, 3.63) is 40.0 Å². The molecule has 0 saturated carbocycles. The standard InChI is InChI=1S/C16H16ClN3O2S/c1-9-14(17)13-15(19-8-20-16(13)23-9)18-7-10-4-5-11(21-2)12(6-10)22-3/h4-6,8H,7H2,1-3H3,(H,18,19,20). The highest BCUT2D eigenvalue weighted by atomic mass is 35.5. The zero-order chi connectivity index (χ0) is 16.4. The highest BCUT2D eigenvalue weighted by molar-refractivity contribution is 7.19. The maximum absolute atomic E-state index is 6.37. The van der Waals surface area contributed by atoms with Gasteiger partial charge < -0.3 is 14.8 Å². The van der Waals surface area contributed by atoms with Crippen LogP contribution < -0.4 is 14.8 Å². The number of benzene rings is 1. The van der Waals surface area contributed by atoms with Gasteiger partial charge in [-0.1, -0.05) is 17.7 Å². The molecule has 1 aromatic carbocycles. The Morgan fingerprint density at radius 3 is 2.70 bits per heavy atom. The lowest BCUT2D eigenvalue weighted by atomic mass is 10.2. The predicted octanol–water partition coefficient (Wildman–Crippen LogP) is 4.28. The Bertz CT molecular complexity index is 851. The lowest BCUT2D eigenvalue weighted by Gasteiger charge is -2.11. The molecule has 0 spiro atoms. The molecule has 120 valence electrons. The Balaban J connectivity index is 1.86. The number of aromatic nitrogens is 2. The number of nitrogens with one attached hydrogen (secondary N) is 1. The molecule has 1 N–H and O–H groups in total. The van der Waals surface area contributed by atoms with E-state index in [-0.39, 0.29) is 0 Å². The molecule has 0 atom stereocenters. The van der Waals surface area contributed by atoms with Crippen molar-refractivity contribution in [2.75, 3.05) is 19.5 Å². The highest BCUT2D eigenvalue weighted by Gasteiger charge is 2.13. The van der Waals surface area contributed by atoms with Crippen LogP contribution in [0, 0.1) is 6.92 Å². The van der Waals surface area contributed by atoms with Crippen molar-refractivity contribution in [1.82, 2.24) is 9.97 Å². The molecular formula is C16H16ClN3O2S. The van der Waals surface area contributed by atoms with Crippen molar-refractivity contribution in [3.8, 4) is 11.5 Å². The Labute approximate surface area is 143 Å². The molecule has 7 heteroatoms. The Morgan fingerprint density at radius 1 is 1.17 bits per heavy atom. The first-order valence-electron chi connectivity index (χ1n) is 6.98. The summed E-state index contributed by atoms with van der Waals surface area (Å²) in [4.78, 5) is 10.5. The van der Waals surface area contributed by atoms with Gasteiger partial charge in [0, 0.05) is 11.4 Å². The number of ether oxygens (including phenoxy) is 2. The molecular weight excluding hydrogens is 334 g/mol. The largest absolute Gasteiger partial charge is 0.493 e. The van der Waals surface area contributed by atoms with Crippen molar-refractivity contribution in [3.63, 3.8) is 0 Å². The average Bonchev–Trinajstić information content (AvgIpc) is 2.87. The molecule has 5 nitrogen and oxygen atoms in total. The number of nitrogens with zero attached hydrogens (tertiary/aromatic N) is 2. The van der Waals surface area contributed by atoms with E-state index in [1.807, 2.05) is 25.1 Å². The zero-order valence-electron chi connectivity index (χ0n) is 13.0. The molecule has 3 aromatic rings. The summed E-state index contributed by atoms with van der Waals surface area (Å²) in [7, 11) is 3.24. The second-order valence-electron chi connectivity index (χ2n) is 4.92. The molecule has 0 aliphatic heterocycles. The van der Waals surface area contributed by atoms with Crippen molar-refractivity contribution in [2.24, 2.45) is 0 Å². The summed E-state index contributed by atoms with van der Waals surface area (Å²) in [5.74, 6) is 2.14. The van der Waals surface area contributed by atoms with E-state index in [1.54, 1.807) is 31.9 Å². The monoisotopic (exact) mass is 349 g/mol. The fourth-order valence-electron chi connectivity index (χ4n) is 2.32. The summed E-state index contributed by atoms with van der Waals surface area (Å²) in [5, 5.41) is 4.90. The minimum absolute atomic E-state index is 0.595. The van der Waals surface area contributed by atoms with Crippen LogP contribution in [0.25, 0.3) is 10.2 Å². The normalized spacial score (nSPS) is 10.8. The number of methoxy groups -OCH3 is 2. The number of hydrogen-bond donors (Lipinski definition) is 1. The van der Waals surface area contributed by atoms with Gasteiger partial charge in [0.2, 0.25) is 0 Å². The zero-order valence-corrected chi connectivity index (χ0v) is 14.6. The van der Waals surface area contributed by atoms with Crippen LogP contribution in [-0.2, 0) is 6.54 Å². The second kappa shape index (κ2) is 6.60. The first-order chi connectivity index (χ1) is 11.1. The van der Waals surface area contributed by atoms with Crippen LogP contribution in [0.5, 0.6) is 11.5 Å². The van der Waals surface area contributed by atoms with Crippen LogP contribution in [0.3, 0.4) is 0 Å². The molecule has 2 heterocycles. The minimum Gasteiger partial charge on any atom is -0.493 e. The second-order valence-corrected chi connectivity index (χ2v) is 6.50. The molecule has 3 rings (SSSR count). The summed E-state index contributed by atoms with van der Waals surface area (Å²) in [6.45, 7) is 2.57. The number of rotatable bonds is 5. The Kier molecular flexibility index (Phi) is 4.54. The summed E-state index contributed by atoms with van der Waals surface area (Å²) in [6, 6.07) is 5.80. The highest BCUT2D eigenvalue weighted by Crippen LogP contribution is 2.37. The van der Waals surface area contributed by atoms with Crippen molar-refractivity contribution in [1.29, 1.82) is 0 Å². The summed E-state index contributed by atoms with van der Waals surface area (Å²) in [6.07, 6.45) is 1.55. The lowest BCUT2D eigenvalue weighted by molar-refractivity contribution is 0.354. The van der Waals surface area contributed by atoms with Crippen LogP contribution in [-0.4, -0.2) is 24.2 Å². The molecule has 0 radical (unpaired) electrons. The van der Waals surface area contributed by atoms with Gasteiger partial charge in [0.15, 0.2) is 11.5 Å². The lowest BCUT2D eigenvalue weighted by Crippen LogP contribution is -2.03. The number of thiophene rings is 1. The Hall–Kier alpha value is -2.05. The van der Waals surface area contributed by atoms with E-state index in [1.165, 1.54) is 0 Å². The van der Waals surface area contributed by atoms with Gasteiger partial charge in [-0.25, -0.2) is 9.97 Å². The minimum atomic E-state index is 0.595. The molecule has 2 aromatic heterocycles. The maximum atomic E-state index is 6.37. The van der Waals surface area contributed by atoms with Gasteiger partial charge in [0.25, 0.3) is 0 Å². The third-order valence-corrected chi connectivity index (χ3v) is 5.10. The molecule has 0 saturated heterocycles. The fourth-order valence-corrected chi connectivity index (χ4v) is 3.55. The van der Waals surface area contributed by atoms with Crippen molar-refractivity contribution in [2.45, 2.75) is 13.5 Å². The number of fused-ring (bicyclic) bond motifs is 1. The molecule has 0 amide bonds. The van der Waals surface area contributed by atoms with Gasteiger partial charge in [-0.2, -0.15) is 0 Å². The quantitative estimate of drug-likeness (QED) is 0.745. The first kappa shape index (κ1) is 15.8. The van der Waals surface area contributed by atoms with Crippen LogP contribution in [0.4, 0.5) is 5.82 Å². The van der Waals surface area contributed by atoms with Crippen LogP contribution in [0.1, 0.15) is 10.4 Å². The topological polar surface area (TPSA) is 56.3 Å². The van der Waals surface area contributed by atoms with E-state index in [0.717, 1.165) is 26.5 Å². The van der Waals surface area contributed by atoms with Gasteiger partial charge in [0.05, 0.1) is 24.6 Å². The van der Waals surface area contributed by atoms with Gasteiger partial charge in [0.1, 0.15) is 17.0 Å². The fraction of sp³-hybridized carbons (Fsp3) is 0.250. The molecule has 0 fully saturated rings. The van der Waals surface area contributed by atoms with E-state index in [2.05, 4.69) is 15.3 Å². The van der Waals surface area contributed by atoms with Crippen molar-refractivity contribution >= 4 is 39.0 Å². The smallest absolute Gasteiger partial charge is 0.161 e. The third kappa shape index (κ3) is 3.04. The summed E-state index contributed by atoms with van der Waals surface area (Å²) < 4.78 is 10.6. The number of aryl methyl sites for hydroxylation is 1. The van der Waals surface area contributed by atoms with Crippen LogP contribution >= 0.6 is 22.9 Å². The molecule has 0 aliphatic carbocycles. The van der Waals surface area contributed by atoms with Crippen molar-refractivity contribution < 1.29 is 9.47 Å². The molecule has 0 unspecified atom stereocenters. The SMILES string of the molecule is COc1ccc(CNc2ncnc3sc(C)c(Cl)c23)cc1OC. The first-order valence-corrected chi connectivity index (χ1v) is 8.18. The van der Waals surface area contributed by atoms with E-state index in [9.17, 15) is 0 Å². The molecule has 0 bridgehead atoms. The number of anilines is 1. The maximum Gasteiger partial charge on any atom is 0.161 e. The number of halogens is 1. The van der Waals surface area contributed by atoms with E-state index in [4.69, 9.17) is 21.1 Å². The van der Waals surface area contributed by atoms with Gasteiger partial charge in [-0.05, 0) is 24.6 Å². The van der Waals surface area contributed by atoms with E-state index < -0.39 is 0 Å². The molecule has 23 heavy (non-hydrogen) atoms. The van der Waals surface area contributed by atoms with Gasteiger partial charge in [-0.3, -0.25) is 0 Å². The van der Waals surface area contributed by atoms with E-state index in [0.29, 0.717) is 23.1 Å². The van der Waals surface area contributed by atoms with Crippen LogP contribution in [0.2, 0.25) is 5.02 Å². The van der Waals surface area contributed by atoms with Gasteiger partial charge in [-0.15, -0.1) is 11.3 Å². The summed E-state index contributed by atoms with van der Waals surface area (Å²) in [5.41, 5.74) is 1.05. The Morgan fingerprint density at radius 2 is 1.96 bits per heavy atom. The summed E-state index contributed by atoms with van der Waals surface area (Å²) >= 11 is 7.94. The third-order valence-electron chi connectivity index (χ3n) is 3.50. The van der Waals surface area contributed by atoms with Gasteiger partial charge >= 0.3 is 0 Å². The average molecular weight is 350 g/mol. The number of hydrogen-bond acceptors (Lipinski definition) is 6. The predicted molar refractivity (Wildman–Crippen MR) is 94.0 cm³/mol. The molecule has 0 aliphatic rings.